The fourth-order valence-electron chi connectivity index (χ4n) is 5.25. The molecule has 0 radical (unpaired) electrons. The van der Waals surface area contributed by atoms with Crippen LogP contribution < -0.4 is 5.32 Å². The highest BCUT2D eigenvalue weighted by Crippen LogP contribution is 2.40. The van der Waals surface area contributed by atoms with Crippen LogP contribution in [-0.2, 0) is 29.7 Å². The van der Waals surface area contributed by atoms with Gasteiger partial charge in [0.1, 0.15) is 23.6 Å². The summed E-state index contributed by atoms with van der Waals surface area (Å²) in [5, 5.41) is 17.2. The number of nitrogens with zero attached hydrogens (tertiary/aromatic N) is 6. The van der Waals surface area contributed by atoms with Crippen LogP contribution in [0, 0.1) is 11.6 Å². The number of halogens is 2. The van der Waals surface area contributed by atoms with Crippen molar-refractivity contribution >= 4 is 28.6 Å². The van der Waals surface area contributed by atoms with Crippen LogP contribution in [0.3, 0.4) is 0 Å². The van der Waals surface area contributed by atoms with E-state index in [1.165, 1.54) is 6.07 Å². The van der Waals surface area contributed by atoms with E-state index in [1.807, 2.05) is 10.7 Å². The second-order valence-electron chi connectivity index (χ2n) is 10.1. The van der Waals surface area contributed by atoms with Gasteiger partial charge in [-0.15, -0.1) is 0 Å². The standard InChI is InChI=1S/C26H25F2N7O2/c1-26(2)6-8-35-24(26)16-9-15(10-17(27)23(16)33-35)22-18(28)11-29-25(32-22)31-20-4-3-14-12-34(21(37)13-36)7-5-19(14)30-20/h3-4,9-11,36H,5-8,12-13H2,1-2H3,(H,29,30,31,32). The summed E-state index contributed by atoms with van der Waals surface area (Å²) in [7, 11) is 0. The van der Waals surface area contributed by atoms with Crippen molar-refractivity contribution in [1.82, 2.24) is 29.6 Å². The maximum atomic E-state index is 15.1. The summed E-state index contributed by atoms with van der Waals surface area (Å²) < 4.78 is 31.8. The van der Waals surface area contributed by atoms with Crippen molar-refractivity contribution in [3.63, 3.8) is 0 Å². The summed E-state index contributed by atoms with van der Waals surface area (Å²) >= 11 is 0. The lowest BCUT2D eigenvalue weighted by Crippen LogP contribution is -2.37. The molecule has 5 heterocycles. The minimum absolute atomic E-state index is 0.0230. The molecule has 190 valence electrons. The van der Waals surface area contributed by atoms with Gasteiger partial charge >= 0.3 is 0 Å². The minimum Gasteiger partial charge on any atom is -0.387 e. The average Bonchev–Trinajstić information content (AvgIpc) is 3.42. The van der Waals surface area contributed by atoms with Crippen LogP contribution in [0.1, 0.15) is 37.2 Å². The molecule has 6 rings (SSSR count). The Morgan fingerprint density at radius 3 is 2.81 bits per heavy atom. The number of fused-ring (bicyclic) bond motifs is 4. The number of aliphatic hydroxyl groups is 1. The van der Waals surface area contributed by atoms with Crippen molar-refractivity contribution in [2.45, 2.75) is 45.2 Å². The molecule has 37 heavy (non-hydrogen) atoms. The maximum Gasteiger partial charge on any atom is 0.248 e. The van der Waals surface area contributed by atoms with E-state index in [2.05, 4.69) is 39.2 Å². The van der Waals surface area contributed by atoms with Crippen LogP contribution in [0.25, 0.3) is 22.2 Å². The number of rotatable bonds is 4. The predicted octanol–water partition coefficient (Wildman–Crippen LogP) is 3.47. The van der Waals surface area contributed by atoms with Crippen LogP contribution in [0.5, 0.6) is 0 Å². The number of pyridine rings is 1. The first kappa shape index (κ1) is 23.4. The topological polar surface area (TPSA) is 109 Å². The summed E-state index contributed by atoms with van der Waals surface area (Å²) in [5.74, 6) is -0.921. The Hall–Kier alpha value is -3.99. The van der Waals surface area contributed by atoms with Crippen molar-refractivity contribution in [2.24, 2.45) is 0 Å². The number of carbonyl (C=O) groups is 1. The Balaban J connectivity index is 1.32. The van der Waals surface area contributed by atoms with Crippen LogP contribution in [0.15, 0.2) is 30.5 Å². The van der Waals surface area contributed by atoms with E-state index in [1.54, 1.807) is 17.0 Å². The third-order valence-electron chi connectivity index (χ3n) is 7.18. The highest BCUT2D eigenvalue weighted by molar-refractivity contribution is 5.88. The first-order chi connectivity index (χ1) is 17.7. The highest BCUT2D eigenvalue weighted by Gasteiger charge is 2.34. The molecule has 0 aliphatic carbocycles. The number of benzene rings is 1. The van der Waals surface area contributed by atoms with E-state index in [0.29, 0.717) is 42.8 Å². The van der Waals surface area contributed by atoms with Gasteiger partial charge in [-0.2, -0.15) is 5.10 Å². The molecule has 0 bridgehead atoms. The van der Waals surface area contributed by atoms with Crippen molar-refractivity contribution in [3.8, 4) is 11.3 Å². The second kappa shape index (κ2) is 8.55. The molecule has 3 aromatic heterocycles. The quantitative estimate of drug-likeness (QED) is 0.437. The normalized spacial score (nSPS) is 16.1. The Morgan fingerprint density at radius 1 is 1.16 bits per heavy atom. The molecule has 4 aromatic rings. The van der Waals surface area contributed by atoms with Gasteiger partial charge in [-0.3, -0.25) is 9.48 Å². The molecule has 11 heteroatoms. The molecule has 0 atom stereocenters. The van der Waals surface area contributed by atoms with E-state index >= 15 is 4.39 Å². The summed E-state index contributed by atoms with van der Waals surface area (Å²) in [5.41, 5.74) is 3.03. The number of carbonyl (C=O) groups excluding carboxylic acids is 1. The van der Waals surface area contributed by atoms with Gasteiger partial charge in [-0.05, 0) is 30.2 Å². The van der Waals surface area contributed by atoms with Crippen molar-refractivity contribution in [1.29, 1.82) is 0 Å². The molecule has 0 fully saturated rings. The first-order valence-corrected chi connectivity index (χ1v) is 12.1. The van der Waals surface area contributed by atoms with Crippen LogP contribution in [0.2, 0.25) is 0 Å². The van der Waals surface area contributed by atoms with Crippen molar-refractivity contribution in [2.75, 3.05) is 18.5 Å². The largest absolute Gasteiger partial charge is 0.387 e. The van der Waals surface area contributed by atoms with E-state index < -0.39 is 18.2 Å². The second-order valence-corrected chi connectivity index (χ2v) is 10.1. The average molecular weight is 506 g/mol. The molecule has 2 N–H and O–H groups in total. The molecule has 9 nitrogen and oxygen atoms in total. The van der Waals surface area contributed by atoms with Gasteiger partial charge in [0.25, 0.3) is 0 Å². The third-order valence-corrected chi connectivity index (χ3v) is 7.18. The summed E-state index contributed by atoms with van der Waals surface area (Å²) in [6, 6.07) is 6.57. The van der Waals surface area contributed by atoms with Gasteiger partial charge in [0.15, 0.2) is 11.6 Å². The number of aromatic nitrogens is 5. The minimum atomic E-state index is -0.667. The van der Waals surface area contributed by atoms with Gasteiger partial charge in [-0.25, -0.2) is 23.7 Å². The van der Waals surface area contributed by atoms with E-state index in [-0.39, 0.29) is 28.5 Å². The fourth-order valence-corrected chi connectivity index (χ4v) is 5.25. The van der Waals surface area contributed by atoms with Gasteiger partial charge in [-0.1, -0.05) is 19.9 Å². The highest BCUT2D eigenvalue weighted by atomic mass is 19.1. The molecule has 0 spiro atoms. The summed E-state index contributed by atoms with van der Waals surface area (Å²) in [6.45, 7) is 5.22. The SMILES string of the molecule is CC1(C)CCn2nc3c(F)cc(-c4nc(Nc5ccc6c(n5)CCN(C(=O)CO)C6)ncc4F)cc3c21. The number of aryl methyl sites for hydroxylation is 1. The number of aliphatic hydroxyl groups excluding tert-OH is 1. The zero-order chi connectivity index (χ0) is 25.9. The summed E-state index contributed by atoms with van der Waals surface area (Å²) in [6.07, 6.45) is 2.49. The smallest absolute Gasteiger partial charge is 0.248 e. The Morgan fingerprint density at radius 2 is 2.00 bits per heavy atom. The van der Waals surface area contributed by atoms with Gasteiger partial charge < -0.3 is 15.3 Å². The third kappa shape index (κ3) is 3.99. The van der Waals surface area contributed by atoms with Gasteiger partial charge in [0, 0.05) is 48.1 Å². The number of nitrogens with one attached hydrogen (secondary N) is 1. The number of amides is 1. The molecule has 0 saturated heterocycles. The lowest BCUT2D eigenvalue weighted by molar-refractivity contribution is -0.135. The molecular weight excluding hydrogens is 480 g/mol. The number of hydrogen-bond donors (Lipinski definition) is 2. The Labute approximate surface area is 211 Å². The maximum absolute atomic E-state index is 15.1. The van der Waals surface area contributed by atoms with E-state index in [0.717, 1.165) is 29.6 Å². The van der Waals surface area contributed by atoms with Crippen LogP contribution >= 0.6 is 0 Å². The van der Waals surface area contributed by atoms with Gasteiger partial charge in [0.05, 0.1) is 11.9 Å². The Kier molecular flexibility index (Phi) is 5.41. The zero-order valence-electron chi connectivity index (χ0n) is 20.4. The lowest BCUT2D eigenvalue weighted by atomic mass is 9.86. The first-order valence-electron chi connectivity index (χ1n) is 12.1. The molecule has 2 aliphatic rings. The van der Waals surface area contributed by atoms with E-state index in [4.69, 9.17) is 5.11 Å². The predicted molar refractivity (Wildman–Crippen MR) is 132 cm³/mol. The zero-order valence-corrected chi connectivity index (χ0v) is 20.4. The monoisotopic (exact) mass is 505 g/mol. The molecule has 1 aromatic carbocycles. The van der Waals surface area contributed by atoms with Crippen LogP contribution in [-0.4, -0.2) is 53.8 Å². The van der Waals surface area contributed by atoms with Crippen LogP contribution in [0.4, 0.5) is 20.5 Å². The lowest BCUT2D eigenvalue weighted by Gasteiger charge is -2.28. The number of anilines is 2. The molecule has 1 amide bonds. The van der Waals surface area contributed by atoms with Crippen molar-refractivity contribution in [3.05, 3.63) is 59.0 Å². The molecule has 0 unspecified atom stereocenters. The fraction of sp³-hybridized carbons (Fsp3) is 0.346. The number of hydrogen-bond acceptors (Lipinski definition) is 7. The van der Waals surface area contributed by atoms with Gasteiger partial charge in [0.2, 0.25) is 11.9 Å². The Bertz CT molecular complexity index is 1570. The molecular formula is C26H25F2N7O2. The molecule has 0 saturated carbocycles. The van der Waals surface area contributed by atoms with E-state index in [9.17, 15) is 9.18 Å². The van der Waals surface area contributed by atoms with Crippen molar-refractivity contribution < 1.29 is 18.7 Å². The molecule has 2 aliphatic heterocycles. The summed E-state index contributed by atoms with van der Waals surface area (Å²) in [4.78, 5) is 26.4.